The quantitative estimate of drug-likeness (QED) is 0.477. The maximum atomic E-state index is 13.2. The molecule has 22 heavy (non-hydrogen) atoms. The summed E-state index contributed by atoms with van der Waals surface area (Å²) >= 11 is 0. The van der Waals surface area contributed by atoms with Gasteiger partial charge in [0.2, 0.25) is 0 Å². The van der Waals surface area contributed by atoms with Crippen LogP contribution in [-0.2, 0) is 6.18 Å². The van der Waals surface area contributed by atoms with Gasteiger partial charge >= 0.3 is 6.18 Å². The van der Waals surface area contributed by atoms with Gasteiger partial charge < -0.3 is 0 Å². The van der Waals surface area contributed by atoms with Crippen LogP contribution in [0.25, 0.3) is 11.3 Å². The van der Waals surface area contributed by atoms with Crippen molar-refractivity contribution in [1.82, 2.24) is 4.98 Å². The summed E-state index contributed by atoms with van der Waals surface area (Å²) in [5.41, 5.74) is 5.07. The van der Waals surface area contributed by atoms with E-state index in [1.54, 1.807) is 7.85 Å². The lowest BCUT2D eigenvalue weighted by atomic mass is 9.69. The molecule has 0 bridgehead atoms. The van der Waals surface area contributed by atoms with Crippen LogP contribution in [0.15, 0.2) is 12.1 Å². The minimum Gasteiger partial charge on any atom is -0.264 e. The van der Waals surface area contributed by atoms with Crippen LogP contribution in [0.3, 0.4) is 0 Å². The molecule has 0 aliphatic carbocycles. The molecule has 0 fully saturated rings. The van der Waals surface area contributed by atoms with Crippen molar-refractivity contribution in [2.75, 3.05) is 0 Å². The van der Waals surface area contributed by atoms with E-state index in [-0.39, 0.29) is 11.1 Å². The maximum absolute atomic E-state index is 13.2. The van der Waals surface area contributed by atoms with Crippen LogP contribution in [0.5, 0.6) is 0 Å². The summed E-state index contributed by atoms with van der Waals surface area (Å²) in [5.74, 6) is 0. The van der Waals surface area contributed by atoms with E-state index in [4.69, 9.17) is 0 Å². The number of nitrogens with zero attached hydrogens (tertiary/aromatic N) is 1. The SMILES string of the molecule is Bc1cc(B)c(B)c(-c2nc(B)c(C(F)(F)F)c(B)c2B)c1. The first-order chi connectivity index (χ1) is 10.0. The first-order valence-corrected chi connectivity index (χ1v) is 7.17. The highest BCUT2D eigenvalue weighted by molar-refractivity contribution is 6.55. The number of benzene rings is 1. The van der Waals surface area contributed by atoms with Gasteiger partial charge in [0, 0.05) is 5.59 Å². The summed E-state index contributed by atoms with van der Waals surface area (Å²) in [7, 11) is 10.6. The molecule has 0 unspecified atom stereocenters. The Kier molecular flexibility index (Phi) is 4.33. The standard InChI is InChI=1S/C12H14B6F3N/c13-3-1-4(7(15)5(14)2-3)10-9(17)8(16)6(11(18)22-10)12(19,20)21/h1-2H,13-18H2. The largest absolute Gasteiger partial charge is 0.416 e. The lowest BCUT2D eigenvalue weighted by Crippen LogP contribution is -2.44. The highest BCUT2D eigenvalue weighted by Crippen LogP contribution is 2.26. The van der Waals surface area contributed by atoms with Crippen LogP contribution >= 0.6 is 0 Å². The van der Waals surface area contributed by atoms with Gasteiger partial charge in [-0.1, -0.05) is 39.4 Å². The fourth-order valence-electron chi connectivity index (χ4n) is 2.91. The molecular weight excluding hydrogens is 280 g/mol. The topological polar surface area (TPSA) is 12.9 Å². The van der Waals surface area contributed by atoms with Crippen molar-refractivity contribution in [3.8, 4) is 11.3 Å². The van der Waals surface area contributed by atoms with Gasteiger partial charge in [0.1, 0.15) is 39.2 Å². The van der Waals surface area contributed by atoms with Crippen LogP contribution in [-0.4, -0.2) is 52.1 Å². The number of hydrogen-bond acceptors (Lipinski definition) is 1. The molecule has 0 aliphatic heterocycles. The van der Waals surface area contributed by atoms with E-state index >= 15 is 0 Å². The lowest BCUT2D eigenvalue weighted by Gasteiger charge is -2.20. The first-order valence-electron chi connectivity index (χ1n) is 7.17. The molecule has 0 radical (unpaired) electrons. The number of pyridine rings is 1. The molecule has 2 aromatic rings. The van der Waals surface area contributed by atoms with Crippen molar-refractivity contribution in [1.29, 1.82) is 0 Å². The molecule has 1 heterocycles. The van der Waals surface area contributed by atoms with Crippen LogP contribution < -0.4 is 32.9 Å². The Hall–Kier alpha value is -1.45. The second kappa shape index (κ2) is 5.64. The smallest absolute Gasteiger partial charge is 0.264 e. The zero-order valence-corrected chi connectivity index (χ0v) is 13.7. The summed E-state index contributed by atoms with van der Waals surface area (Å²) in [6.07, 6.45) is -4.37. The van der Waals surface area contributed by atoms with E-state index in [9.17, 15) is 13.2 Å². The monoisotopic (exact) mass is 295 g/mol. The van der Waals surface area contributed by atoms with Gasteiger partial charge in [-0.2, -0.15) is 13.2 Å². The van der Waals surface area contributed by atoms with Crippen LogP contribution in [0.1, 0.15) is 5.56 Å². The molecule has 0 saturated carbocycles. The van der Waals surface area contributed by atoms with Gasteiger partial charge in [0.05, 0.1) is 11.3 Å². The van der Waals surface area contributed by atoms with Crippen LogP contribution in [0.4, 0.5) is 13.2 Å². The average Bonchev–Trinajstić information content (AvgIpc) is 2.36. The van der Waals surface area contributed by atoms with Crippen molar-refractivity contribution in [2.24, 2.45) is 0 Å². The Bertz CT molecular complexity index is 760. The third-order valence-electron chi connectivity index (χ3n) is 4.28. The van der Waals surface area contributed by atoms with E-state index in [1.165, 1.54) is 15.7 Å². The second-order valence-corrected chi connectivity index (χ2v) is 5.92. The van der Waals surface area contributed by atoms with E-state index < -0.39 is 11.7 Å². The lowest BCUT2D eigenvalue weighted by molar-refractivity contribution is -0.135. The van der Waals surface area contributed by atoms with Gasteiger partial charge in [-0.3, -0.25) is 4.98 Å². The number of halogens is 3. The molecule has 10 heteroatoms. The van der Waals surface area contributed by atoms with Crippen molar-refractivity contribution in [3.05, 3.63) is 17.7 Å². The molecule has 2 rings (SSSR count). The van der Waals surface area contributed by atoms with Gasteiger partial charge in [-0.05, 0) is 5.56 Å². The molecular formula is C12H14B6F3N. The minimum absolute atomic E-state index is 0.0316. The van der Waals surface area contributed by atoms with E-state index in [0.717, 1.165) is 22.0 Å². The number of rotatable bonds is 1. The zero-order chi connectivity index (χ0) is 16.8. The second-order valence-electron chi connectivity index (χ2n) is 5.92. The summed E-state index contributed by atoms with van der Waals surface area (Å²) in [4.78, 5) is 4.29. The third kappa shape index (κ3) is 2.88. The highest BCUT2D eigenvalue weighted by Gasteiger charge is 2.35. The Labute approximate surface area is 133 Å². The summed E-state index contributed by atoms with van der Waals surface area (Å²) < 4.78 is 39.6. The number of aromatic nitrogens is 1. The van der Waals surface area contributed by atoms with E-state index in [0.29, 0.717) is 11.2 Å². The Morgan fingerprint density at radius 2 is 1.41 bits per heavy atom. The minimum atomic E-state index is -4.37. The fourth-order valence-corrected chi connectivity index (χ4v) is 2.91. The molecule has 0 aliphatic rings. The molecule has 106 valence electrons. The Balaban J connectivity index is 2.80. The van der Waals surface area contributed by atoms with Crippen molar-refractivity contribution in [3.63, 3.8) is 0 Å². The van der Waals surface area contributed by atoms with Crippen LogP contribution in [0.2, 0.25) is 0 Å². The Morgan fingerprint density at radius 1 is 0.818 bits per heavy atom. The third-order valence-corrected chi connectivity index (χ3v) is 4.28. The average molecular weight is 294 g/mol. The van der Waals surface area contributed by atoms with E-state index in [1.807, 2.05) is 29.6 Å². The molecule has 0 saturated heterocycles. The van der Waals surface area contributed by atoms with Gasteiger partial charge in [-0.15, -0.1) is 0 Å². The van der Waals surface area contributed by atoms with E-state index in [2.05, 4.69) is 11.1 Å². The van der Waals surface area contributed by atoms with Crippen LogP contribution in [0, 0.1) is 0 Å². The molecule has 1 aromatic carbocycles. The fraction of sp³-hybridized carbons (Fsp3) is 0.0833. The normalized spacial score (nSPS) is 11.6. The van der Waals surface area contributed by atoms with Crippen molar-refractivity contribution < 1.29 is 13.2 Å². The van der Waals surface area contributed by atoms with Gasteiger partial charge in [-0.25, -0.2) is 0 Å². The summed E-state index contributed by atoms with van der Waals surface area (Å²) in [6, 6.07) is 4.06. The summed E-state index contributed by atoms with van der Waals surface area (Å²) in [6.45, 7) is 0. The zero-order valence-electron chi connectivity index (χ0n) is 13.7. The maximum Gasteiger partial charge on any atom is 0.416 e. The van der Waals surface area contributed by atoms with Gasteiger partial charge in [0.25, 0.3) is 0 Å². The molecule has 0 amide bonds. The summed E-state index contributed by atoms with van der Waals surface area (Å²) in [5, 5.41) is 0. The Morgan fingerprint density at radius 3 is 1.95 bits per heavy atom. The molecule has 0 spiro atoms. The molecule has 0 N–H and O–H groups in total. The number of alkyl halides is 3. The molecule has 1 nitrogen and oxygen atoms in total. The predicted octanol–water partition coefficient (Wildman–Crippen LogP) is -6.68. The molecule has 1 aromatic heterocycles. The van der Waals surface area contributed by atoms with Crippen molar-refractivity contribution >= 4 is 80.0 Å². The number of hydrogen-bond donors (Lipinski definition) is 0. The first kappa shape index (κ1) is 16.9. The van der Waals surface area contributed by atoms with Crippen molar-refractivity contribution in [2.45, 2.75) is 6.18 Å². The molecule has 0 atom stereocenters. The predicted molar refractivity (Wildman–Crippen MR) is 104 cm³/mol. The highest BCUT2D eigenvalue weighted by atomic mass is 19.4. The van der Waals surface area contributed by atoms with Gasteiger partial charge in [0.15, 0.2) is 7.85 Å².